The molecule has 4 heteroatoms. The second-order valence-corrected chi connectivity index (χ2v) is 17.2. The third-order valence-electron chi connectivity index (χ3n) is 13.1. The fourth-order valence-electron chi connectivity index (χ4n) is 9.95. The van der Waals surface area contributed by atoms with E-state index in [2.05, 4.69) is 58.9 Å². The van der Waals surface area contributed by atoms with Gasteiger partial charge in [-0.2, -0.15) is 0 Å². The van der Waals surface area contributed by atoms with Gasteiger partial charge in [0, 0.05) is 16.8 Å². The minimum absolute atomic E-state index is 0.0608. The van der Waals surface area contributed by atoms with Gasteiger partial charge in [-0.15, -0.1) is 0 Å². The summed E-state index contributed by atoms with van der Waals surface area (Å²) in [7, 11) is 0. The van der Waals surface area contributed by atoms with Crippen molar-refractivity contribution in [3.63, 3.8) is 0 Å². The summed E-state index contributed by atoms with van der Waals surface area (Å²) in [5, 5.41) is 0. The van der Waals surface area contributed by atoms with E-state index in [4.69, 9.17) is 20.9 Å². The van der Waals surface area contributed by atoms with Crippen molar-refractivity contribution in [2.45, 2.75) is 149 Å². The predicted molar refractivity (Wildman–Crippen MR) is 229 cm³/mol. The van der Waals surface area contributed by atoms with Crippen molar-refractivity contribution in [2.75, 3.05) is 11.5 Å². The number of benzene rings is 4. The Hall–Kier alpha value is -3.92. The van der Waals surface area contributed by atoms with Crippen molar-refractivity contribution in [1.82, 2.24) is 0 Å². The molecule has 0 spiro atoms. The summed E-state index contributed by atoms with van der Waals surface area (Å²) in [5.41, 5.74) is 20.9. The molecule has 2 aliphatic carbocycles. The van der Waals surface area contributed by atoms with E-state index in [0.717, 1.165) is 52.1 Å². The third-order valence-corrected chi connectivity index (χ3v) is 13.1. The largest absolute Gasteiger partial charge is 0.457 e. The minimum atomic E-state index is -0.0608. The summed E-state index contributed by atoms with van der Waals surface area (Å²) in [6.07, 6.45) is 23.5. The second-order valence-electron chi connectivity index (χ2n) is 17.2. The van der Waals surface area contributed by atoms with Crippen LogP contribution in [-0.2, 0) is 5.41 Å². The van der Waals surface area contributed by atoms with Crippen LogP contribution in [0.1, 0.15) is 149 Å². The van der Waals surface area contributed by atoms with E-state index in [9.17, 15) is 0 Å². The Morgan fingerprint density at radius 2 is 0.907 bits per heavy atom. The van der Waals surface area contributed by atoms with Gasteiger partial charge in [-0.05, 0) is 166 Å². The predicted octanol–water partition coefficient (Wildman–Crippen LogP) is 14.5. The number of hydrogen-bond donors (Lipinski definition) is 2. The maximum absolute atomic E-state index is 6.47. The average molecular weight is 729 g/mol. The normalized spacial score (nSPS) is 18.8. The van der Waals surface area contributed by atoms with Crippen molar-refractivity contribution in [3.8, 4) is 23.0 Å². The number of nitrogen functional groups attached to an aromatic ring is 2. The Morgan fingerprint density at radius 3 is 1.33 bits per heavy atom. The molecule has 2 saturated carbocycles. The van der Waals surface area contributed by atoms with E-state index in [0.29, 0.717) is 0 Å². The summed E-state index contributed by atoms with van der Waals surface area (Å²) in [6, 6.07) is 25.1. The molecular weight excluding hydrogens is 661 g/mol. The first kappa shape index (κ1) is 39.8. The number of unbranched alkanes of at least 4 members (excludes halogenated alkanes) is 7. The van der Waals surface area contributed by atoms with E-state index >= 15 is 0 Å². The molecule has 4 nitrogen and oxygen atoms in total. The number of ether oxygens (including phenoxy) is 2. The molecule has 2 fully saturated rings. The van der Waals surface area contributed by atoms with Crippen molar-refractivity contribution < 1.29 is 9.47 Å². The first-order valence-corrected chi connectivity index (χ1v) is 21.5. The van der Waals surface area contributed by atoms with Gasteiger partial charge in [0.15, 0.2) is 0 Å². The van der Waals surface area contributed by atoms with Gasteiger partial charge in [0.1, 0.15) is 23.0 Å². The Kier molecular flexibility index (Phi) is 13.7. The highest BCUT2D eigenvalue weighted by molar-refractivity contribution is 5.55. The topological polar surface area (TPSA) is 70.5 Å². The van der Waals surface area contributed by atoms with Gasteiger partial charge in [0.05, 0.1) is 0 Å². The molecular formula is C50H68N2O2. The zero-order chi connectivity index (χ0) is 38.1. The van der Waals surface area contributed by atoms with E-state index in [1.807, 2.05) is 48.5 Å². The molecule has 0 amide bonds. The van der Waals surface area contributed by atoms with E-state index in [1.165, 1.54) is 143 Å². The van der Waals surface area contributed by atoms with Crippen molar-refractivity contribution in [3.05, 3.63) is 106 Å². The smallest absolute Gasteiger partial charge is 0.133 e. The molecule has 4 aromatic rings. The van der Waals surface area contributed by atoms with Gasteiger partial charge in [-0.25, -0.2) is 0 Å². The number of rotatable bonds is 16. The van der Waals surface area contributed by atoms with Crippen LogP contribution in [0.15, 0.2) is 72.8 Å². The van der Waals surface area contributed by atoms with Gasteiger partial charge in [-0.1, -0.05) is 102 Å². The first-order valence-electron chi connectivity index (χ1n) is 21.5. The van der Waals surface area contributed by atoms with Crippen LogP contribution in [-0.4, -0.2) is 0 Å². The van der Waals surface area contributed by atoms with Gasteiger partial charge >= 0.3 is 0 Å². The van der Waals surface area contributed by atoms with Crippen molar-refractivity contribution >= 4 is 11.4 Å². The molecule has 0 radical (unpaired) electrons. The summed E-state index contributed by atoms with van der Waals surface area (Å²) in [6.45, 7) is 11.1. The van der Waals surface area contributed by atoms with Crippen LogP contribution in [0.3, 0.4) is 0 Å². The molecule has 0 bridgehead atoms. The molecule has 0 aliphatic heterocycles. The summed E-state index contributed by atoms with van der Waals surface area (Å²) in [4.78, 5) is 0. The van der Waals surface area contributed by atoms with Crippen LogP contribution in [0.2, 0.25) is 0 Å². The summed E-state index contributed by atoms with van der Waals surface area (Å²) < 4.78 is 12.9. The Labute approximate surface area is 327 Å². The van der Waals surface area contributed by atoms with Gasteiger partial charge in [-0.3, -0.25) is 0 Å². The molecule has 6 rings (SSSR count). The van der Waals surface area contributed by atoms with Gasteiger partial charge in [0.25, 0.3) is 0 Å². The fourth-order valence-corrected chi connectivity index (χ4v) is 9.95. The van der Waals surface area contributed by atoms with Crippen LogP contribution in [0.4, 0.5) is 11.4 Å². The molecule has 290 valence electrons. The molecule has 2 aliphatic rings. The fraction of sp³-hybridized carbons (Fsp3) is 0.520. The summed E-state index contributed by atoms with van der Waals surface area (Å²) in [5.74, 6) is 6.18. The zero-order valence-corrected chi connectivity index (χ0v) is 34.2. The number of aryl methyl sites for hydroxylation is 4. The number of anilines is 2. The third kappa shape index (κ3) is 9.84. The maximum Gasteiger partial charge on any atom is 0.133 e. The van der Waals surface area contributed by atoms with Crippen LogP contribution in [0.5, 0.6) is 23.0 Å². The molecule has 4 aromatic carbocycles. The lowest BCUT2D eigenvalue weighted by Gasteiger charge is -2.45. The molecule has 0 unspecified atom stereocenters. The van der Waals surface area contributed by atoms with Crippen LogP contribution < -0.4 is 20.9 Å². The molecule has 54 heavy (non-hydrogen) atoms. The molecule has 0 saturated heterocycles. The van der Waals surface area contributed by atoms with Gasteiger partial charge < -0.3 is 20.9 Å². The van der Waals surface area contributed by atoms with E-state index < -0.39 is 0 Å². The van der Waals surface area contributed by atoms with E-state index in [1.54, 1.807) is 0 Å². The zero-order valence-electron chi connectivity index (χ0n) is 34.2. The number of hydrogen-bond acceptors (Lipinski definition) is 4. The van der Waals surface area contributed by atoms with Crippen molar-refractivity contribution in [2.24, 2.45) is 17.8 Å². The highest BCUT2D eigenvalue weighted by Crippen LogP contribution is 2.52. The van der Waals surface area contributed by atoms with Crippen molar-refractivity contribution in [1.29, 1.82) is 0 Å². The SMILES string of the molecule is CCCCCCCCCC[C@H]1CC[C@@H](C2CCC(c3cc(C)c(Oc4ccc(N)cc4)c(C)c3)(c3cc(C)c(Oc4ccc(N)cc4)c(C)c3)CC2)CC1. The molecule has 0 atom stereocenters. The van der Waals surface area contributed by atoms with Crippen LogP contribution in [0, 0.1) is 45.4 Å². The lowest BCUT2D eigenvalue weighted by molar-refractivity contribution is 0.140. The lowest BCUT2D eigenvalue weighted by Crippen LogP contribution is -2.36. The second kappa shape index (κ2) is 18.6. The lowest BCUT2D eigenvalue weighted by atomic mass is 9.59. The quantitative estimate of drug-likeness (QED) is 0.0890. The van der Waals surface area contributed by atoms with Crippen LogP contribution in [0.25, 0.3) is 0 Å². The monoisotopic (exact) mass is 729 g/mol. The maximum atomic E-state index is 6.47. The van der Waals surface area contributed by atoms with Crippen LogP contribution >= 0.6 is 0 Å². The Morgan fingerprint density at radius 1 is 0.519 bits per heavy atom. The number of nitrogens with two attached hydrogens (primary N) is 2. The first-order chi connectivity index (χ1) is 26.1. The molecule has 0 aromatic heterocycles. The standard InChI is InChI=1S/C50H68N2O2/c1-6-7-8-9-10-11-12-13-14-39-15-17-40(18-16-39)41-27-29-50(30-28-41,42-31-35(2)48(36(3)32-42)53-46-23-19-44(51)20-24-46)43-33-37(4)49(38(5)34-43)54-47-25-21-45(52)22-26-47/h19-26,31-34,39-41H,6-18,27-30,51-52H2,1-5H3/t39-,40+. The average Bonchev–Trinajstić information content (AvgIpc) is 3.17. The minimum Gasteiger partial charge on any atom is -0.457 e. The Bertz CT molecular complexity index is 1630. The highest BCUT2D eigenvalue weighted by atomic mass is 16.5. The van der Waals surface area contributed by atoms with E-state index in [-0.39, 0.29) is 5.41 Å². The van der Waals surface area contributed by atoms with Gasteiger partial charge in [0.2, 0.25) is 0 Å². The Balaban J connectivity index is 1.18. The summed E-state index contributed by atoms with van der Waals surface area (Å²) >= 11 is 0. The molecule has 0 heterocycles. The molecule has 4 N–H and O–H groups in total. The highest BCUT2D eigenvalue weighted by Gasteiger charge is 2.42.